The van der Waals surface area contributed by atoms with Crippen molar-refractivity contribution in [3.8, 4) is 0 Å². The molecule has 0 spiro atoms. The maximum atomic E-state index is 14.0. The Morgan fingerprint density at radius 3 is 2.69 bits per heavy atom. The second kappa shape index (κ2) is 9.31. The summed E-state index contributed by atoms with van der Waals surface area (Å²) in [5.41, 5.74) is 1.29. The SMILES string of the molecule is CCNC(=NCc1ccc([N+](=O)[O-])cc1)NC1CCN(c2ccc(F)cc2F)C1. The van der Waals surface area contributed by atoms with Crippen molar-refractivity contribution in [2.45, 2.75) is 25.9 Å². The maximum absolute atomic E-state index is 14.0. The number of nitrogens with zero attached hydrogens (tertiary/aromatic N) is 3. The topological polar surface area (TPSA) is 82.8 Å². The molecule has 2 aromatic carbocycles. The number of non-ortho nitro benzene ring substituents is 1. The Morgan fingerprint density at radius 2 is 2.03 bits per heavy atom. The van der Waals surface area contributed by atoms with Gasteiger partial charge < -0.3 is 15.5 Å². The van der Waals surface area contributed by atoms with Crippen molar-refractivity contribution in [2.75, 3.05) is 24.5 Å². The summed E-state index contributed by atoms with van der Waals surface area (Å²) in [5, 5.41) is 17.2. The highest BCUT2D eigenvalue weighted by molar-refractivity contribution is 5.80. The summed E-state index contributed by atoms with van der Waals surface area (Å²) in [7, 11) is 0. The lowest BCUT2D eigenvalue weighted by Crippen LogP contribution is -2.44. The molecule has 0 amide bonds. The molecule has 1 atom stereocenters. The van der Waals surface area contributed by atoms with Gasteiger partial charge in [0.15, 0.2) is 5.96 Å². The average molecular weight is 403 g/mol. The van der Waals surface area contributed by atoms with E-state index < -0.39 is 16.6 Å². The zero-order valence-electron chi connectivity index (χ0n) is 16.1. The highest BCUT2D eigenvalue weighted by Crippen LogP contribution is 2.24. The molecular weight excluding hydrogens is 380 g/mol. The number of anilines is 1. The first kappa shape index (κ1) is 20.5. The lowest BCUT2D eigenvalue weighted by atomic mass is 10.2. The lowest BCUT2D eigenvalue weighted by Gasteiger charge is -2.21. The Bertz CT molecular complexity index is 889. The Morgan fingerprint density at radius 1 is 1.28 bits per heavy atom. The zero-order valence-corrected chi connectivity index (χ0v) is 16.1. The number of hydrogen-bond acceptors (Lipinski definition) is 4. The summed E-state index contributed by atoms with van der Waals surface area (Å²) in [5.74, 6) is -0.533. The summed E-state index contributed by atoms with van der Waals surface area (Å²) in [6, 6.07) is 9.95. The first-order valence-corrected chi connectivity index (χ1v) is 9.44. The Balaban J connectivity index is 1.61. The average Bonchev–Trinajstić information content (AvgIpc) is 3.14. The first-order valence-electron chi connectivity index (χ1n) is 9.44. The van der Waals surface area contributed by atoms with Crippen LogP contribution >= 0.6 is 0 Å². The smallest absolute Gasteiger partial charge is 0.269 e. The third-order valence-electron chi connectivity index (χ3n) is 4.69. The zero-order chi connectivity index (χ0) is 20.8. The lowest BCUT2D eigenvalue weighted by molar-refractivity contribution is -0.384. The third-order valence-corrected chi connectivity index (χ3v) is 4.69. The van der Waals surface area contributed by atoms with Gasteiger partial charge in [0.25, 0.3) is 5.69 Å². The number of rotatable bonds is 6. The van der Waals surface area contributed by atoms with Crippen molar-refractivity contribution in [1.82, 2.24) is 10.6 Å². The number of nitro benzene ring substituents is 1. The van der Waals surface area contributed by atoms with Crippen molar-refractivity contribution >= 4 is 17.3 Å². The van der Waals surface area contributed by atoms with Gasteiger partial charge in [0.1, 0.15) is 11.6 Å². The van der Waals surface area contributed by atoms with Crippen molar-refractivity contribution in [1.29, 1.82) is 0 Å². The molecule has 0 aliphatic carbocycles. The van der Waals surface area contributed by atoms with Gasteiger partial charge in [-0.25, -0.2) is 13.8 Å². The molecule has 1 heterocycles. The van der Waals surface area contributed by atoms with Crippen LogP contribution in [0.3, 0.4) is 0 Å². The van der Waals surface area contributed by atoms with E-state index in [-0.39, 0.29) is 11.7 Å². The van der Waals surface area contributed by atoms with Crippen LogP contribution in [0.1, 0.15) is 18.9 Å². The van der Waals surface area contributed by atoms with Gasteiger partial charge in [0.2, 0.25) is 0 Å². The second-order valence-corrected chi connectivity index (χ2v) is 6.79. The Hall–Kier alpha value is -3.23. The quantitative estimate of drug-likeness (QED) is 0.335. The monoisotopic (exact) mass is 403 g/mol. The van der Waals surface area contributed by atoms with Crippen LogP contribution in [0.5, 0.6) is 0 Å². The number of guanidine groups is 1. The molecule has 2 aromatic rings. The summed E-state index contributed by atoms with van der Waals surface area (Å²) >= 11 is 0. The number of hydrogen-bond donors (Lipinski definition) is 2. The fraction of sp³-hybridized carbons (Fsp3) is 0.350. The minimum absolute atomic E-state index is 0.0434. The minimum Gasteiger partial charge on any atom is -0.367 e. The second-order valence-electron chi connectivity index (χ2n) is 6.79. The largest absolute Gasteiger partial charge is 0.367 e. The predicted molar refractivity (Wildman–Crippen MR) is 108 cm³/mol. The van der Waals surface area contributed by atoms with Crippen LogP contribution in [0.2, 0.25) is 0 Å². The molecule has 0 radical (unpaired) electrons. The van der Waals surface area contributed by atoms with Gasteiger partial charge in [-0.2, -0.15) is 0 Å². The molecule has 1 saturated heterocycles. The van der Waals surface area contributed by atoms with E-state index in [4.69, 9.17) is 0 Å². The molecule has 1 aliphatic heterocycles. The molecule has 0 saturated carbocycles. The maximum Gasteiger partial charge on any atom is 0.269 e. The van der Waals surface area contributed by atoms with Crippen LogP contribution < -0.4 is 15.5 Å². The highest BCUT2D eigenvalue weighted by Gasteiger charge is 2.25. The first-order chi connectivity index (χ1) is 14.0. The molecule has 29 heavy (non-hydrogen) atoms. The predicted octanol–water partition coefficient (Wildman–Crippen LogP) is 3.21. The highest BCUT2D eigenvalue weighted by atomic mass is 19.1. The number of nitrogens with one attached hydrogen (secondary N) is 2. The van der Waals surface area contributed by atoms with Gasteiger partial charge in [-0.3, -0.25) is 10.1 Å². The van der Waals surface area contributed by atoms with E-state index in [1.807, 2.05) is 11.8 Å². The van der Waals surface area contributed by atoms with Crippen LogP contribution in [0.25, 0.3) is 0 Å². The van der Waals surface area contributed by atoms with Crippen molar-refractivity contribution in [3.05, 3.63) is 69.8 Å². The Kier molecular flexibility index (Phi) is 6.58. The van der Waals surface area contributed by atoms with Crippen LogP contribution in [0, 0.1) is 21.7 Å². The molecule has 0 bridgehead atoms. The van der Waals surface area contributed by atoms with Gasteiger partial charge in [0, 0.05) is 43.9 Å². The van der Waals surface area contributed by atoms with Crippen molar-refractivity contribution in [3.63, 3.8) is 0 Å². The van der Waals surface area contributed by atoms with E-state index in [1.54, 1.807) is 12.1 Å². The Labute approximate surface area is 167 Å². The van der Waals surface area contributed by atoms with E-state index >= 15 is 0 Å². The molecule has 9 heteroatoms. The molecule has 1 fully saturated rings. The van der Waals surface area contributed by atoms with Crippen LogP contribution in [-0.2, 0) is 6.54 Å². The summed E-state index contributed by atoms with van der Waals surface area (Å²) < 4.78 is 27.1. The number of halogens is 2. The van der Waals surface area contributed by atoms with Gasteiger partial charge in [-0.15, -0.1) is 0 Å². The number of aliphatic imine (C=N–C) groups is 1. The summed E-state index contributed by atoms with van der Waals surface area (Å²) in [6.45, 7) is 4.23. The third kappa shape index (κ3) is 5.40. The van der Waals surface area contributed by atoms with E-state index in [1.165, 1.54) is 24.3 Å². The van der Waals surface area contributed by atoms with Crippen LogP contribution in [0.15, 0.2) is 47.5 Å². The van der Waals surface area contributed by atoms with Crippen LogP contribution in [0.4, 0.5) is 20.2 Å². The van der Waals surface area contributed by atoms with Gasteiger partial charge in [-0.05, 0) is 31.0 Å². The van der Waals surface area contributed by atoms with E-state index in [0.29, 0.717) is 37.8 Å². The molecule has 2 N–H and O–H groups in total. The minimum atomic E-state index is -0.590. The fourth-order valence-corrected chi connectivity index (χ4v) is 3.24. The van der Waals surface area contributed by atoms with E-state index in [9.17, 15) is 18.9 Å². The fourth-order valence-electron chi connectivity index (χ4n) is 3.24. The van der Waals surface area contributed by atoms with Gasteiger partial charge in [-0.1, -0.05) is 12.1 Å². The molecule has 1 unspecified atom stereocenters. The standard InChI is InChI=1S/C20H23F2N5O2/c1-2-23-20(24-12-14-3-6-17(7-4-14)27(28)29)25-16-9-10-26(13-16)19-8-5-15(21)11-18(19)22/h3-8,11,16H,2,9-10,12-13H2,1H3,(H2,23,24,25). The van der Waals surface area contributed by atoms with E-state index in [0.717, 1.165) is 18.1 Å². The molecule has 154 valence electrons. The van der Waals surface area contributed by atoms with Crippen molar-refractivity contribution < 1.29 is 13.7 Å². The van der Waals surface area contributed by atoms with Gasteiger partial charge in [0.05, 0.1) is 17.2 Å². The summed E-state index contributed by atoms with van der Waals surface area (Å²) in [4.78, 5) is 16.7. The molecular formula is C20H23F2N5O2. The molecule has 1 aliphatic rings. The van der Waals surface area contributed by atoms with E-state index in [2.05, 4.69) is 15.6 Å². The normalized spacial score (nSPS) is 16.7. The molecule has 0 aromatic heterocycles. The number of benzene rings is 2. The number of nitro groups is 1. The molecule has 3 rings (SSSR count). The summed E-state index contributed by atoms with van der Waals surface area (Å²) in [6.07, 6.45) is 0.790. The van der Waals surface area contributed by atoms with Gasteiger partial charge >= 0.3 is 0 Å². The molecule has 7 nitrogen and oxygen atoms in total. The van der Waals surface area contributed by atoms with Crippen molar-refractivity contribution in [2.24, 2.45) is 4.99 Å². The van der Waals surface area contributed by atoms with Crippen LogP contribution in [-0.4, -0.2) is 36.6 Å².